The number of hydrogen-bond donors (Lipinski definition) is 3. The van der Waals surface area contributed by atoms with Gasteiger partial charge in [0.15, 0.2) is 5.13 Å². The van der Waals surface area contributed by atoms with Gasteiger partial charge in [-0.25, -0.2) is 13.4 Å². The van der Waals surface area contributed by atoms with Crippen molar-refractivity contribution in [1.29, 1.82) is 0 Å². The van der Waals surface area contributed by atoms with Gasteiger partial charge in [-0.05, 0) is 31.2 Å². The third kappa shape index (κ3) is 2.78. The number of nitrogens with two attached hydrogens (primary N) is 1. The highest BCUT2D eigenvalue weighted by molar-refractivity contribution is 7.93. The van der Waals surface area contributed by atoms with Gasteiger partial charge in [0, 0.05) is 11.1 Å². The number of rotatable bonds is 4. The Kier molecular flexibility index (Phi) is 3.50. The molecule has 0 unspecified atom stereocenters. The third-order valence-corrected chi connectivity index (χ3v) is 4.53. The number of thiazole rings is 1. The maximum absolute atomic E-state index is 12.0. The van der Waals surface area contributed by atoms with E-state index in [1.165, 1.54) is 23.5 Å². The molecule has 96 valence electrons. The summed E-state index contributed by atoms with van der Waals surface area (Å²) >= 11 is 1.25. The van der Waals surface area contributed by atoms with Crippen molar-refractivity contribution < 1.29 is 8.42 Å². The van der Waals surface area contributed by atoms with Crippen molar-refractivity contribution >= 4 is 32.2 Å². The van der Waals surface area contributed by atoms with Gasteiger partial charge in [0.25, 0.3) is 10.0 Å². The predicted octanol–water partition coefficient (Wildman–Crippen LogP) is 1.54. The molecule has 1 aromatic carbocycles. The van der Waals surface area contributed by atoms with Gasteiger partial charge in [-0.2, -0.15) is 0 Å². The fourth-order valence-corrected chi connectivity index (χ4v) is 3.25. The Hall–Kier alpha value is -1.64. The van der Waals surface area contributed by atoms with Crippen molar-refractivity contribution in [2.75, 3.05) is 10.1 Å². The highest BCUT2D eigenvalue weighted by Crippen LogP contribution is 2.20. The molecule has 0 aliphatic heterocycles. The van der Waals surface area contributed by atoms with Crippen LogP contribution < -0.4 is 16.0 Å². The molecule has 0 aliphatic rings. The molecule has 0 aliphatic carbocycles. The monoisotopic (exact) mass is 284 g/mol. The second-order valence-corrected chi connectivity index (χ2v) is 6.11. The molecular weight excluding hydrogens is 272 g/mol. The number of benzene rings is 1. The van der Waals surface area contributed by atoms with Gasteiger partial charge in [-0.15, -0.1) is 11.3 Å². The minimum absolute atomic E-state index is 0.161. The Balaban J connectivity index is 2.24. The molecule has 6 nitrogen and oxygen atoms in total. The van der Waals surface area contributed by atoms with E-state index in [2.05, 4.69) is 15.1 Å². The molecule has 0 spiro atoms. The van der Waals surface area contributed by atoms with Crippen LogP contribution in [-0.2, 0) is 10.0 Å². The van der Waals surface area contributed by atoms with Gasteiger partial charge in [-0.3, -0.25) is 10.6 Å². The van der Waals surface area contributed by atoms with Gasteiger partial charge in [0.1, 0.15) is 0 Å². The molecule has 0 radical (unpaired) electrons. The zero-order chi connectivity index (χ0) is 13.2. The maximum atomic E-state index is 12.0. The molecule has 2 rings (SSSR count). The van der Waals surface area contributed by atoms with E-state index in [0.29, 0.717) is 10.8 Å². The molecule has 0 saturated heterocycles. The van der Waals surface area contributed by atoms with Crippen molar-refractivity contribution in [3.63, 3.8) is 0 Å². The average Bonchev–Trinajstić information content (AvgIpc) is 2.74. The number of nitrogens with zero attached hydrogens (tertiary/aromatic N) is 1. The number of hydrazine groups is 1. The predicted molar refractivity (Wildman–Crippen MR) is 71.9 cm³/mol. The van der Waals surface area contributed by atoms with Crippen molar-refractivity contribution in [2.45, 2.75) is 11.8 Å². The summed E-state index contributed by atoms with van der Waals surface area (Å²) in [5.74, 6) is 5.21. The lowest BCUT2D eigenvalue weighted by Gasteiger charge is -2.06. The average molecular weight is 284 g/mol. The van der Waals surface area contributed by atoms with E-state index in [-0.39, 0.29) is 4.90 Å². The van der Waals surface area contributed by atoms with Crippen LogP contribution in [0.2, 0.25) is 0 Å². The number of aryl methyl sites for hydroxylation is 1. The summed E-state index contributed by atoms with van der Waals surface area (Å²) in [6, 6.07) is 6.11. The van der Waals surface area contributed by atoms with Crippen LogP contribution in [-0.4, -0.2) is 13.4 Å². The van der Waals surface area contributed by atoms with Crippen LogP contribution in [0.25, 0.3) is 0 Å². The van der Waals surface area contributed by atoms with Gasteiger partial charge in [-0.1, -0.05) is 0 Å². The molecule has 18 heavy (non-hydrogen) atoms. The summed E-state index contributed by atoms with van der Waals surface area (Å²) in [6.07, 6.45) is 0. The van der Waals surface area contributed by atoms with E-state index in [0.717, 1.165) is 5.69 Å². The Morgan fingerprint density at radius 3 is 2.44 bits per heavy atom. The first-order valence-electron chi connectivity index (χ1n) is 5.03. The molecule has 0 fully saturated rings. The molecule has 1 heterocycles. The van der Waals surface area contributed by atoms with Crippen LogP contribution in [0.4, 0.5) is 10.8 Å². The normalized spacial score (nSPS) is 11.2. The van der Waals surface area contributed by atoms with E-state index in [9.17, 15) is 8.42 Å². The molecule has 8 heteroatoms. The molecule has 1 aromatic heterocycles. The molecule has 4 N–H and O–H groups in total. The third-order valence-electron chi connectivity index (χ3n) is 2.17. The zero-order valence-corrected chi connectivity index (χ0v) is 11.2. The first kappa shape index (κ1) is 12.8. The zero-order valence-electron chi connectivity index (χ0n) is 9.54. The largest absolute Gasteiger partial charge is 0.324 e. The number of sulfonamides is 1. The Morgan fingerprint density at radius 2 is 1.94 bits per heavy atom. The summed E-state index contributed by atoms with van der Waals surface area (Å²) < 4.78 is 26.4. The topological polar surface area (TPSA) is 97.1 Å². The van der Waals surface area contributed by atoms with Gasteiger partial charge < -0.3 is 5.43 Å². The fourth-order valence-electron chi connectivity index (χ4n) is 1.31. The van der Waals surface area contributed by atoms with Crippen molar-refractivity contribution in [2.24, 2.45) is 5.84 Å². The number of anilines is 2. The summed E-state index contributed by atoms with van der Waals surface area (Å²) in [5, 5.41) is 2.13. The summed E-state index contributed by atoms with van der Waals surface area (Å²) in [4.78, 5) is 4.21. The summed E-state index contributed by atoms with van der Waals surface area (Å²) in [6.45, 7) is 1.80. The van der Waals surface area contributed by atoms with Crippen LogP contribution in [0.15, 0.2) is 34.5 Å². The minimum atomic E-state index is -3.60. The molecular formula is C10H12N4O2S2. The lowest BCUT2D eigenvalue weighted by Crippen LogP contribution is -2.13. The lowest BCUT2D eigenvalue weighted by molar-refractivity contribution is 0.601. The van der Waals surface area contributed by atoms with Crippen LogP contribution in [0.3, 0.4) is 0 Å². The van der Waals surface area contributed by atoms with Gasteiger partial charge in [0.2, 0.25) is 0 Å². The van der Waals surface area contributed by atoms with Crippen LogP contribution in [0, 0.1) is 6.92 Å². The van der Waals surface area contributed by atoms with Gasteiger partial charge >= 0.3 is 0 Å². The van der Waals surface area contributed by atoms with E-state index in [1.807, 2.05) is 0 Å². The fraction of sp³-hybridized carbons (Fsp3) is 0.100. The molecule has 0 amide bonds. The second kappa shape index (κ2) is 4.92. The van der Waals surface area contributed by atoms with Crippen molar-refractivity contribution in [3.05, 3.63) is 35.3 Å². The molecule has 0 bridgehead atoms. The van der Waals surface area contributed by atoms with Crippen molar-refractivity contribution in [1.82, 2.24) is 4.98 Å². The van der Waals surface area contributed by atoms with E-state index in [1.54, 1.807) is 24.4 Å². The Morgan fingerprint density at radius 1 is 1.28 bits per heavy atom. The first-order chi connectivity index (χ1) is 8.51. The van der Waals surface area contributed by atoms with Crippen LogP contribution >= 0.6 is 11.3 Å². The lowest BCUT2D eigenvalue weighted by atomic mass is 10.3. The Labute approximate surface area is 109 Å². The number of nitrogen functional groups attached to an aromatic ring is 1. The maximum Gasteiger partial charge on any atom is 0.263 e. The Bertz CT molecular complexity index is 634. The van der Waals surface area contributed by atoms with Crippen molar-refractivity contribution in [3.8, 4) is 0 Å². The second-order valence-electron chi connectivity index (χ2n) is 3.57. The summed E-state index contributed by atoms with van der Waals surface area (Å²) in [5.41, 5.74) is 3.85. The standard InChI is InChI=1S/C10H12N4O2S2/c1-7-6-17-10(12-7)14-18(15,16)9-4-2-8(13-11)3-5-9/h2-6,13H,11H2,1H3,(H,12,14). The van der Waals surface area contributed by atoms with E-state index in [4.69, 9.17) is 5.84 Å². The quantitative estimate of drug-likeness (QED) is 0.584. The molecule has 0 saturated carbocycles. The molecule has 2 aromatic rings. The van der Waals surface area contributed by atoms with Crippen LogP contribution in [0.1, 0.15) is 5.69 Å². The number of hydrogen-bond acceptors (Lipinski definition) is 6. The highest BCUT2D eigenvalue weighted by atomic mass is 32.2. The number of nitrogens with one attached hydrogen (secondary N) is 2. The van der Waals surface area contributed by atoms with E-state index >= 15 is 0 Å². The smallest absolute Gasteiger partial charge is 0.263 e. The number of aromatic nitrogens is 1. The van der Waals surface area contributed by atoms with Crippen LogP contribution in [0.5, 0.6) is 0 Å². The minimum Gasteiger partial charge on any atom is -0.324 e. The SMILES string of the molecule is Cc1csc(NS(=O)(=O)c2ccc(NN)cc2)n1. The van der Waals surface area contributed by atoms with Gasteiger partial charge in [0.05, 0.1) is 10.6 Å². The molecule has 0 atom stereocenters. The summed E-state index contributed by atoms with van der Waals surface area (Å²) in [7, 11) is -3.60. The van der Waals surface area contributed by atoms with E-state index < -0.39 is 10.0 Å². The first-order valence-corrected chi connectivity index (χ1v) is 7.39. The highest BCUT2D eigenvalue weighted by Gasteiger charge is 2.15.